The molecule has 2 heterocycles. The molecular formula is C28H29ClF2N2O3. The number of Topliss-reactive ketones (excluding diaryl/α,β-unsaturated/α-hetero) is 1. The summed E-state index contributed by atoms with van der Waals surface area (Å²) in [6, 6.07) is 15.5. The summed E-state index contributed by atoms with van der Waals surface area (Å²) in [6.07, 6.45) is 2.47. The van der Waals surface area contributed by atoms with Gasteiger partial charge in [0.25, 0.3) is 0 Å². The average molecular weight is 515 g/mol. The van der Waals surface area contributed by atoms with Crippen LogP contribution in [0.4, 0.5) is 14.5 Å². The first-order valence-electron chi connectivity index (χ1n) is 12.3. The molecule has 190 valence electrons. The number of halogens is 3. The molecule has 0 bridgehead atoms. The van der Waals surface area contributed by atoms with E-state index >= 15 is 0 Å². The summed E-state index contributed by atoms with van der Waals surface area (Å²) in [4.78, 5) is 17.3. The number of nitrogens with one attached hydrogen (secondary N) is 1. The Morgan fingerprint density at radius 1 is 1.19 bits per heavy atom. The molecule has 36 heavy (non-hydrogen) atoms. The molecule has 0 radical (unpaired) electrons. The summed E-state index contributed by atoms with van der Waals surface area (Å²) in [5, 5.41) is 5.00. The predicted molar refractivity (Wildman–Crippen MR) is 136 cm³/mol. The number of alkyl halides is 2. The summed E-state index contributed by atoms with van der Waals surface area (Å²) >= 11 is 6.29. The van der Waals surface area contributed by atoms with Crippen molar-refractivity contribution in [2.24, 2.45) is 5.92 Å². The number of hydrogen-bond acceptors (Lipinski definition) is 5. The Labute approximate surface area is 214 Å². The van der Waals surface area contributed by atoms with Crippen molar-refractivity contribution in [3.8, 4) is 0 Å². The third-order valence-electron chi connectivity index (χ3n) is 6.95. The van der Waals surface area contributed by atoms with E-state index in [1.54, 1.807) is 12.3 Å². The number of anilines is 1. The number of carbonyl (C=O) groups is 1. The van der Waals surface area contributed by atoms with Crippen molar-refractivity contribution >= 4 is 34.0 Å². The van der Waals surface area contributed by atoms with E-state index in [-0.39, 0.29) is 37.2 Å². The average Bonchev–Trinajstić information content (AvgIpc) is 2.85. The van der Waals surface area contributed by atoms with Crippen LogP contribution in [0.3, 0.4) is 0 Å². The zero-order chi connectivity index (χ0) is 25.1. The maximum atomic E-state index is 13.3. The summed E-state index contributed by atoms with van der Waals surface area (Å²) in [6.45, 7) is 1.60. The molecule has 2 aliphatic rings. The van der Waals surface area contributed by atoms with E-state index in [0.29, 0.717) is 30.4 Å². The predicted octanol–water partition coefficient (Wildman–Crippen LogP) is 6.22. The van der Waals surface area contributed by atoms with Crippen LogP contribution >= 0.6 is 11.6 Å². The van der Waals surface area contributed by atoms with Gasteiger partial charge in [-0.2, -0.15) is 0 Å². The molecule has 1 saturated carbocycles. The van der Waals surface area contributed by atoms with Gasteiger partial charge in [-0.05, 0) is 36.6 Å². The molecular weight excluding hydrogens is 486 g/mol. The molecule has 5 nitrogen and oxygen atoms in total. The summed E-state index contributed by atoms with van der Waals surface area (Å²) in [5.74, 6) is -3.50. The Balaban J connectivity index is 1.29. The van der Waals surface area contributed by atoms with Crippen molar-refractivity contribution in [1.29, 1.82) is 0 Å². The fourth-order valence-electron chi connectivity index (χ4n) is 4.95. The molecule has 8 heteroatoms. The molecule has 0 spiro atoms. The fraction of sp³-hybridized carbons (Fsp3) is 0.429. The number of ether oxygens (including phenoxy) is 2. The van der Waals surface area contributed by atoms with Gasteiger partial charge in [0.1, 0.15) is 5.78 Å². The monoisotopic (exact) mass is 514 g/mol. The smallest absolute Gasteiger partial charge is 0.249 e. The van der Waals surface area contributed by atoms with Crippen LogP contribution in [0.25, 0.3) is 10.9 Å². The highest BCUT2D eigenvalue weighted by molar-refractivity contribution is 6.31. The topological polar surface area (TPSA) is 60.5 Å². The third-order valence-corrected chi connectivity index (χ3v) is 7.18. The van der Waals surface area contributed by atoms with E-state index in [2.05, 4.69) is 10.3 Å². The number of fused-ring (bicyclic) bond motifs is 1. The van der Waals surface area contributed by atoms with E-state index in [1.807, 2.05) is 42.5 Å². The van der Waals surface area contributed by atoms with Crippen LogP contribution in [-0.2, 0) is 27.3 Å². The van der Waals surface area contributed by atoms with Gasteiger partial charge in [-0.1, -0.05) is 41.9 Å². The number of rotatable bonds is 9. The maximum Gasteiger partial charge on any atom is 0.249 e. The zero-order valence-corrected chi connectivity index (χ0v) is 20.6. The molecule has 2 aromatic carbocycles. The van der Waals surface area contributed by atoms with E-state index in [4.69, 9.17) is 21.1 Å². The van der Waals surface area contributed by atoms with Crippen molar-refractivity contribution < 1.29 is 23.0 Å². The summed E-state index contributed by atoms with van der Waals surface area (Å²) in [7, 11) is 0. The van der Waals surface area contributed by atoms with Gasteiger partial charge in [0.15, 0.2) is 0 Å². The number of hydrogen-bond donors (Lipinski definition) is 1. The van der Waals surface area contributed by atoms with Crippen molar-refractivity contribution in [3.05, 3.63) is 70.9 Å². The lowest BCUT2D eigenvalue weighted by molar-refractivity contribution is -0.147. The van der Waals surface area contributed by atoms with Crippen LogP contribution < -0.4 is 5.32 Å². The first-order valence-corrected chi connectivity index (χ1v) is 12.7. The lowest BCUT2D eigenvalue weighted by atomic mass is 9.77. The minimum absolute atomic E-state index is 0.0565. The van der Waals surface area contributed by atoms with Gasteiger partial charge in [0.2, 0.25) is 5.92 Å². The molecule has 0 unspecified atom stereocenters. The lowest BCUT2D eigenvalue weighted by Gasteiger charge is -2.34. The molecule has 0 amide bonds. The molecule has 2 atom stereocenters. The molecule has 1 aliphatic heterocycles. The van der Waals surface area contributed by atoms with Crippen LogP contribution in [0.2, 0.25) is 5.02 Å². The SMILES string of the molecule is O=C(Cc1cnc2ccc(Cl)cc2c1N[C@@H]1CCO[C@H](COCc2ccccc2)C1)C1CC(F)(F)C1. The molecule has 5 rings (SSSR count). The zero-order valence-electron chi connectivity index (χ0n) is 19.9. The van der Waals surface area contributed by atoms with Gasteiger partial charge in [-0.3, -0.25) is 9.78 Å². The Morgan fingerprint density at radius 3 is 2.78 bits per heavy atom. The second-order valence-electron chi connectivity index (χ2n) is 9.78. The summed E-state index contributed by atoms with van der Waals surface area (Å²) in [5.41, 5.74) is 3.36. The van der Waals surface area contributed by atoms with Gasteiger partial charge >= 0.3 is 0 Å². The molecule has 1 saturated heterocycles. The van der Waals surface area contributed by atoms with Crippen molar-refractivity contribution in [3.63, 3.8) is 0 Å². The Kier molecular flexibility index (Phi) is 7.51. The number of aromatic nitrogens is 1. The van der Waals surface area contributed by atoms with Crippen LogP contribution in [0.15, 0.2) is 54.7 Å². The Hall–Kier alpha value is -2.61. The van der Waals surface area contributed by atoms with Gasteiger partial charge < -0.3 is 14.8 Å². The van der Waals surface area contributed by atoms with Crippen molar-refractivity contribution in [2.75, 3.05) is 18.5 Å². The molecule has 1 aliphatic carbocycles. The van der Waals surface area contributed by atoms with E-state index < -0.39 is 11.8 Å². The first kappa shape index (κ1) is 25.1. The third kappa shape index (κ3) is 6.02. The van der Waals surface area contributed by atoms with Crippen LogP contribution in [-0.4, -0.2) is 42.0 Å². The maximum absolute atomic E-state index is 13.3. The van der Waals surface area contributed by atoms with Gasteiger partial charge in [0, 0.05) is 65.7 Å². The minimum Gasteiger partial charge on any atom is -0.381 e. The second kappa shape index (κ2) is 10.8. The van der Waals surface area contributed by atoms with Crippen molar-refractivity contribution in [2.45, 2.75) is 56.8 Å². The number of nitrogens with zero attached hydrogens (tertiary/aromatic N) is 1. The number of benzene rings is 2. The Morgan fingerprint density at radius 2 is 2.00 bits per heavy atom. The normalized spacial score (nSPS) is 21.8. The van der Waals surface area contributed by atoms with Gasteiger partial charge in [-0.25, -0.2) is 8.78 Å². The molecule has 3 aromatic rings. The first-order chi connectivity index (χ1) is 17.4. The lowest BCUT2D eigenvalue weighted by Crippen LogP contribution is -2.40. The number of carbonyl (C=O) groups excluding carboxylic acids is 1. The number of pyridine rings is 1. The quantitative estimate of drug-likeness (QED) is 0.367. The molecule has 2 fully saturated rings. The number of ketones is 1. The van der Waals surface area contributed by atoms with Gasteiger partial charge in [0.05, 0.1) is 24.8 Å². The fourth-order valence-corrected chi connectivity index (χ4v) is 5.12. The van der Waals surface area contributed by atoms with Crippen LogP contribution in [0, 0.1) is 5.92 Å². The second-order valence-corrected chi connectivity index (χ2v) is 10.2. The van der Waals surface area contributed by atoms with E-state index in [9.17, 15) is 13.6 Å². The minimum atomic E-state index is -2.73. The van der Waals surface area contributed by atoms with E-state index in [1.165, 1.54) is 0 Å². The molecule has 1 aromatic heterocycles. The van der Waals surface area contributed by atoms with Crippen LogP contribution in [0.5, 0.6) is 0 Å². The van der Waals surface area contributed by atoms with Crippen molar-refractivity contribution in [1.82, 2.24) is 4.98 Å². The standard InChI is InChI=1S/C28H29ClF2N2O3/c29-21-6-7-25-24(11-21)27(19(15-32-25)10-26(34)20-13-28(30,31)14-20)33-22-8-9-36-23(12-22)17-35-16-18-4-2-1-3-5-18/h1-7,11,15,20,22-23H,8-10,12-14,16-17H2,(H,32,33)/t22-,23+/m1/s1. The van der Waals surface area contributed by atoms with Crippen LogP contribution in [0.1, 0.15) is 36.8 Å². The highest BCUT2D eigenvalue weighted by Crippen LogP contribution is 2.43. The largest absolute Gasteiger partial charge is 0.381 e. The van der Waals surface area contributed by atoms with Gasteiger partial charge in [-0.15, -0.1) is 0 Å². The Bertz CT molecular complexity index is 1220. The highest BCUT2D eigenvalue weighted by atomic mass is 35.5. The molecule has 1 N–H and O–H groups in total. The summed E-state index contributed by atoms with van der Waals surface area (Å²) < 4.78 is 38.5. The van der Waals surface area contributed by atoms with E-state index in [0.717, 1.165) is 35.0 Å². The highest BCUT2D eigenvalue weighted by Gasteiger charge is 2.48.